The molecule has 3 rings (SSSR count). The van der Waals surface area contributed by atoms with E-state index in [1.807, 2.05) is 0 Å². The molecule has 0 atom stereocenters. The van der Waals surface area contributed by atoms with Gasteiger partial charge < -0.3 is 10.2 Å². The van der Waals surface area contributed by atoms with E-state index in [4.69, 9.17) is 0 Å². The SMILES string of the molecule is CC(C)CCNc1cc(N2CCc3ccccc3C2)ncn1. The Bertz CT molecular complexity index is 624. The van der Waals surface area contributed by atoms with Crippen LogP contribution in [0.4, 0.5) is 11.6 Å². The summed E-state index contributed by atoms with van der Waals surface area (Å²) in [5.41, 5.74) is 2.87. The Kier molecular flexibility index (Phi) is 4.56. The number of hydrogen-bond donors (Lipinski definition) is 1. The van der Waals surface area contributed by atoms with E-state index in [2.05, 4.69) is 64.4 Å². The highest BCUT2D eigenvalue weighted by atomic mass is 15.2. The Balaban J connectivity index is 1.68. The Labute approximate surface area is 132 Å². The maximum atomic E-state index is 4.45. The average molecular weight is 296 g/mol. The van der Waals surface area contributed by atoms with Gasteiger partial charge in [0.25, 0.3) is 0 Å². The van der Waals surface area contributed by atoms with E-state index in [0.29, 0.717) is 5.92 Å². The molecule has 4 nitrogen and oxygen atoms in total. The summed E-state index contributed by atoms with van der Waals surface area (Å²) in [5.74, 6) is 2.63. The highest BCUT2D eigenvalue weighted by molar-refractivity contribution is 5.50. The summed E-state index contributed by atoms with van der Waals surface area (Å²) in [4.78, 5) is 11.1. The standard InChI is InChI=1S/C18H24N4/c1-14(2)7-9-19-17-11-18(21-13-20-17)22-10-8-15-5-3-4-6-16(15)12-22/h3-6,11,13-14H,7-10,12H2,1-2H3,(H,19,20,21). The average Bonchev–Trinajstić information content (AvgIpc) is 2.54. The van der Waals surface area contributed by atoms with Gasteiger partial charge in [0.2, 0.25) is 0 Å². The number of aromatic nitrogens is 2. The first-order valence-corrected chi connectivity index (χ1v) is 8.10. The van der Waals surface area contributed by atoms with Crippen LogP contribution >= 0.6 is 0 Å². The van der Waals surface area contributed by atoms with Crippen LogP contribution in [0.2, 0.25) is 0 Å². The van der Waals surface area contributed by atoms with Crippen LogP contribution in [0.3, 0.4) is 0 Å². The molecule has 0 bridgehead atoms. The fourth-order valence-corrected chi connectivity index (χ4v) is 2.80. The number of benzene rings is 1. The smallest absolute Gasteiger partial charge is 0.134 e. The second-order valence-electron chi connectivity index (χ2n) is 6.31. The van der Waals surface area contributed by atoms with E-state index in [9.17, 15) is 0 Å². The molecule has 0 spiro atoms. The minimum atomic E-state index is 0.701. The van der Waals surface area contributed by atoms with E-state index in [-0.39, 0.29) is 0 Å². The first-order chi connectivity index (χ1) is 10.7. The molecule has 1 aromatic heterocycles. The Morgan fingerprint density at radius 1 is 1.18 bits per heavy atom. The molecule has 2 heterocycles. The molecular weight excluding hydrogens is 272 g/mol. The number of fused-ring (bicyclic) bond motifs is 1. The van der Waals surface area contributed by atoms with Crippen molar-refractivity contribution in [3.8, 4) is 0 Å². The van der Waals surface area contributed by atoms with Crippen LogP contribution in [-0.2, 0) is 13.0 Å². The molecule has 22 heavy (non-hydrogen) atoms. The lowest BCUT2D eigenvalue weighted by Crippen LogP contribution is -2.31. The predicted molar refractivity (Wildman–Crippen MR) is 91.2 cm³/mol. The molecule has 0 saturated carbocycles. The van der Waals surface area contributed by atoms with Gasteiger partial charge in [-0.25, -0.2) is 9.97 Å². The number of nitrogens with zero attached hydrogens (tertiary/aromatic N) is 3. The van der Waals surface area contributed by atoms with Gasteiger partial charge in [0, 0.05) is 25.7 Å². The van der Waals surface area contributed by atoms with Crippen molar-refractivity contribution >= 4 is 11.6 Å². The molecule has 4 heteroatoms. The third-order valence-corrected chi connectivity index (χ3v) is 4.14. The van der Waals surface area contributed by atoms with E-state index in [0.717, 1.165) is 44.1 Å². The topological polar surface area (TPSA) is 41.0 Å². The van der Waals surface area contributed by atoms with Crippen LogP contribution in [0.1, 0.15) is 31.4 Å². The molecule has 1 aliphatic rings. The van der Waals surface area contributed by atoms with Gasteiger partial charge in [-0.15, -0.1) is 0 Å². The largest absolute Gasteiger partial charge is 0.370 e. The van der Waals surface area contributed by atoms with Crippen molar-refractivity contribution in [2.45, 2.75) is 33.2 Å². The molecule has 0 amide bonds. The Morgan fingerprint density at radius 3 is 2.82 bits per heavy atom. The number of rotatable bonds is 5. The molecule has 0 aliphatic carbocycles. The minimum absolute atomic E-state index is 0.701. The monoisotopic (exact) mass is 296 g/mol. The van der Waals surface area contributed by atoms with Crippen molar-refractivity contribution in [2.75, 3.05) is 23.3 Å². The van der Waals surface area contributed by atoms with Crippen molar-refractivity contribution in [3.05, 3.63) is 47.8 Å². The van der Waals surface area contributed by atoms with Gasteiger partial charge in [-0.05, 0) is 29.9 Å². The summed E-state index contributed by atoms with van der Waals surface area (Å²) in [7, 11) is 0. The zero-order valence-corrected chi connectivity index (χ0v) is 13.4. The summed E-state index contributed by atoms with van der Waals surface area (Å²) in [6.45, 7) is 7.37. The quantitative estimate of drug-likeness (QED) is 0.917. The zero-order valence-electron chi connectivity index (χ0n) is 13.4. The highest BCUT2D eigenvalue weighted by Crippen LogP contribution is 2.23. The second kappa shape index (κ2) is 6.77. The lowest BCUT2D eigenvalue weighted by atomic mass is 10.00. The molecular formula is C18H24N4. The van der Waals surface area contributed by atoms with Crippen molar-refractivity contribution in [2.24, 2.45) is 5.92 Å². The molecule has 1 N–H and O–H groups in total. The van der Waals surface area contributed by atoms with Gasteiger partial charge in [0.1, 0.15) is 18.0 Å². The van der Waals surface area contributed by atoms with Crippen LogP contribution < -0.4 is 10.2 Å². The normalized spacial score (nSPS) is 14.0. The van der Waals surface area contributed by atoms with Crippen LogP contribution in [0.5, 0.6) is 0 Å². The lowest BCUT2D eigenvalue weighted by Gasteiger charge is -2.29. The summed E-state index contributed by atoms with van der Waals surface area (Å²) in [6, 6.07) is 10.7. The van der Waals surface area contributed by atoms with Crippen molar-refractivity contribution in [3.63, 3.8) is 0 Å². The molecule has 2 aromatic rings. The highest BCUT2D eigenvalue weighted by Gasteiger charge is 2.17. The Hall–Kier alpha value is -2.10. The fourth-order valence-electron chi connectivity index (χ4n) is 2.80. The van der Waals surface area contributed by atoms with E-state index in [1.165, 1.54) is 11.1 Å². The van der Waals surface area contributed by atoms with E-state index < -0.39 is 0 Å². The molecule has 0 saturated heterocycles. The van der Waals surface area contributed by atoms with Gasteiger partial charge in [0.15, 0.2) is 0 Å². The van der Waals surface area contributed by atoms with Gasteiger partial charge in [-0.3, -0.25) is 0 Å². The Morgan fingerprint density at radius 2 is 2.00 bits per heavy atom. The third kappa shape index (κ3) is 3.56. The molecule has 1 aromatic carbocycles. The van der Waals surface area contributed by atoms with Gasteiger partial charge >= 0.3 is 0 Å². The molecule has 116 valence electrons. The second-order valence-corrected chi connectivity index (χ2v) is 6.31. The van der Waals surface area contributed by atoms with Crippen LogP contribution in [-0.4, -0.2) is 23.1 Å². The maximum Gasteiger partial charge on any atom is 0.134 e. The molecule has 1 aliphatic heterocycles. The first kappa shape index (κ1) is 14.8. The van der Waals surface area contributed by atoms with Crippen molar-refractivity contribution in [1.29, 1.82) is 0 Å². The van der Waals surface area contributed by atoms with Crippen LogP contribution in [0, 0.1) is 5.92 Å². The summed E-state index contributed by atoms with van der Waals surface area (Å²) < 4.78 is 0. The number of hydrogen-bond acceptors (Lipinski definition) is 4. The third-order valence-electron chi connectivity index (χ3n) is 4.14. The summed E-state index contributed by atoms with van der Waals surface area (Å²) >= 11 is 0. The van der Waals surface area contributed by atoms with E-state index >= 15 is 0 Å². The molecule has 0 radical (unpaired) electrons. The van der Waals surface area contributed by atoms with Gasteiger partial charge in [-0.1, -0.05) is 38.1 Å². The van der Waals surface area contributed by atoms with Gasteiger partial charge in [-0.2, -0.15) is 0 Å². The predicted octanol–water partition coefficient (Wildman–Crippen LogP) is 3.50. The number of anilines is 2. The number of nitrogens with one attached hydrogen (secondary N) is 1. The van der Waals surface area contributed by atoms with Crippen LogP contribution in [0.25, 0.3) is 0 Å². The fraction of sp³-hybridized carbons (Fsp3) is 0.444. The molecule has 0 unspecified atom stereocenters. The maximum absolute atomic E-state index is 4.45. The lowest BCUT2D eigenvalue weighted by molar-refractivity contribution is 0.606. The van der Waals surface area contributed by atoms with Crippen LogP contribution in [0.15, 0.2) is 36.7 Å². The van der Waals surface area contributed by atoms with E-state index in [1.54, 1.807) is 6.33 Å². The first-order valence-electron chi connectivity index (χ1n) is 8.10. The minimum Gasteiger partial charge on any atom is -0.370 e. The summed E-state index contributed by atoms with van der Waals surface area (Å²) in [6.07, 6.45) is 3.89. The molecule has 0 fully saturated rings. The zero-order chi connectivity index (χ0) is 15.4. The van der Waals surface area contributed by atoms with Crippen molar-refractivity contribution < 1.29 is 0 Å². The van der Waals surface area contributed by atoms with Crippen molar-refractivity contribution in [1.82, 2.24) is 9.97 Å². The summed E-state index contributed by atoms with van der Waals surface area (Å²) in [5, 5.41) is 3.40. The van der Waals surface area contributed by atoms with Gasteiger partial charge in [0.05, 0.1) is 0 Å².